The van der Waals surface area contributed by atoms with Crippen molar-refractivity contribution in [3.63, 3.8) is 0 Å². The lowest BCUT2D eigenvalue weighted by atomic mass is 10.1. The van der Waals surface area contributed by atoms with Crippen LogP contribution in [-0.2, 0) is 19.1 Å². The molecule has 96 valence electrons. The molecule has 6 heteroatoms. The van der Waals surface area contributed by atoms with Crippen LogP contribution in [0.15, 0.2) is 21.5 Å². The summed E-state index contributed by atoms with van der Waals surface area (Å²) in [6, 6.07) is 3.36. The molecule has 0 unspecified atom stereocenters. The molecule has 0 amide bonds. The monoisotopic (exact) mass is 251 g/mol. The number of esters is 2. The Morgan fingerprint density at radius 3 is 2.33 bits per heavy atom. The van der Waals surface area contributed by atoms with Crippen molar-refractivity contribution in [3.05, 3.63) is 17.9 Å². The van der Waals surface area contributed by atoms with Crippen LogP contribution in [0.25, 0.3) is 0 Å². The number of hydrogen-bond donors (Lipinski definition) is 0. The Hall–Kier alpha value is -2.11. The van der Waals surface area contributed by atoms with Gasteiger partial charge < -0.3 is 13.9 Å². The summed E-state index contributed by atoms with van der Waals surface area (Å²) in [6.45, 7) is 4.75. The molecular weight excluding hydrogens is 238 g/mol. The van der Waals surface area contributed by atoms with E-state index < -0.39 is 23.6 Å². The third kappa shape index (κ3) is 2.58. The van der Waals surface area contributed by atoms with Crippen LogP contribution in [-0.4, -0.2) is 23.9 Å². The first-order chi connectivity index (χ1) is 8.37. The molecule has 0 atom stereocenters. The number of aliphatic imine (C=N–C) groups is 1. The average molecular weight is 251 g/mol. The minimum Gasteiger partial charge on any atom is -0.444 e. The van der Waals surface area contributed by atoms with Crippen molar-refractivity contribution in [2.75, 3.05) is 0 Å². The number of aryl methyl sites for hydroxylation is 1. The predicted octanol–water partition coefficient (Wildman–Crippen LogP) is 1.74. The van der Waals surface area contributed by atoms with Crippen LogP contribution in [0.4, 0.5) is 5.88 Å². The topological polar surface area (TPSA) is 78.1 Å². The van der Waals surface area contributed by atoms with Gasteiger partial charge in [-0.15, -0.1) is 0 Å². The normalized spacial score (nSPS) is 19.9. The van der Waals surface area contributed by atoms with Crippen LogP contribution >= 0.6 is 0 Å². The number of carbonyl (C=O) groups is 2. The molecule has 1 fully saturated rings. The molecule has 0 saturated carbocycles. The van der Waals surface area contributed by atoms with Crippen LogP contribution in [0, 0.1) is 12.8 Å². The van der Waals surface area contributed by atoms with Crippen LogP contribution in [0.2, 0.25) is 0 Å². The summed E-state index contributed by atoms with van der Waals surface area (Å²) in [4.78, 5) is 27.1. The summed E-state index contributed by atoms with van der Waals surface area (Å²) in [5, 5.41) is 0. The van der Waals surface area contributed by atoms with E-state index in [4.69, 9.17) is 13.9 Å². The van der Waals surface area contributed by atoms with Crippen molar-refractivity contribution in [1.82, 2.24) is 0 Å². The minimum absolute atomic E-state index is 0.318. The van der Waals surface area contributed by atoms with E-state index in [1.807, 2.05) is 0 Å². The smallest absolute Gasteiger partial charge is 0.329 e. The maximum atomic E-state index is 11.6. The summed E-state index contributed by atoms with van der Waals surface area (Å²) in [6.07, 6.45) is 1.16. The lowest BCUT2D eigenvalue weighted by molar-refractivity contribution is -0.235. The van der Waals surface area contributed by atoms with Gasteiger partial charge in [-0.1, -0.05) is 0 Å². The van der Waals surface area contributed by atoms with Crippen molar-refractivity contribution in [2.24, 2.45) is 10.9 Å². The molecule has 1 aliphatic heterocycles. The number of ether oxygens (including phenoxy) is 2. The molecule has 2 heterocycles. The SMILES string of the molecule is Cc1ccc(N=CC2C(=O)OC(C)(C)OC2=O)o1. The second-order valence-corrected chi connectivity index (χ2v) is 4.38. The maximum absolute atomic E-state index is 11.6. The highest BCUT2D eigenvalue weighted by Gasteiger charge is 2.42. The molecule has 0 spiro atoms. The average Bonchev–Trinajstić information content (AvgIpc) is 2.61. The van der Waals surface area contributed by atoms with Gasteiger partial charge in [-0.05, 0) is 13.0 Å². The third-order valence-electron chi connectivity index (χ3n) is 2.28. The Labute approximate surface area is 104 Å². The van der Waals surface area contributed by atoms with Gasteiger partial charge in [-0.3, -0.25) is 9.59 Å². The number of furan rings is 1. The van der Waals surface area contributed by atoms with Crippen molar-refractivity contribution in [1.29, 1.82) is 0 Å². The summed E-state index contributed by atoms with van der Waals surface area (Å²) in [7, 11) is 0. The lowest BCUT2D eigenvalue weighted by Gasteiger charge is -2.31. The van der Waals surface area contributed by atoms with Crippen LogP contribution < -0.4 is 0 Å². The van der Waals surface area contributed by atoms with Gasteiger partial charge in [-0.2, -0.15) is 0 Å². The molecule has 18 heavy (non-hydrogen) atoms. The molecule has 0 aliphatic carbocycles. The fourth-order valence-corrected chi connectivity index (χ4v) is 1.49. The van der Waals surface area contributed by atoms with E-state index in [0.717, 1.165) is 6.21 Å². The van der Waals surface area contributed by atoms with Gasteiger partial charge in [0.05, 0.1) is 0 Å². The minimum atomic E-state index is -1.22. The van der Waals surface area contributed by atoms with Gasteiger partial charge >= 0.3 is 11.9 Å². The Kier molecular flexibility index (Phi) is 2.94. The Morgan fingerprint density at radius 2 is 1.83 bits per heavy atom. The number of carbonyl (C=O) groups excluding carboxylic acids is 2. The number of cyclic esters (lactones) is 2. The van der Waals surface area contributed by atoms with Crippen molar-refractivity contribution in [3.8, 4) is 0 Å². The van der Waals surface area contributed by atoms with Crippen molar-refractivity contribution >= 4 is 24.0 Å². The zero-order valence-electron chi connectivity index (χ0n) is 10.3. The lowest BCUT2D eigenvalue weighted by Crippen LogP contribution is -2.46. The van der Waals surface area contributed by atoms with Crippen LogP contribution in [0.1, 0.15) is 19.6 Å². The zero-order chi connectivity index (χ0) is 13.3. The number of nitrogens with zero attached hydrogens (tertiary/aromatic N) is 1. The third-order valence-corrected chi connectivity index (χ3v) is 2.28. The highest BCUT2D eigenvalue weighted by Crippen LogP contribution is 2.23. The predicted molar refractivity (Wildman–Crippen MR) is 61.4 cm³/mol. The van der Waals surface area contributed by atoms with E-state index in [1.165, 1.54) is 13.8 Å². The molecule has 6 nitrogen and oxygen atoms in total. The van der Waals surface area contributed by atoms with Crippen molar-refractivity contribution < 1.29 is 23.5 Å². The van der Waals surface area contributed by atoms with E-state index in [-0.39, 0.29) is 0 Å². The Balaban J connectivity index is 2.12. The fraction of sp³-hybridized carbons (Fsp3) is 0.417. The molecule has 2 rings (SSSR count). The zero-order valence-corrected chi connectivity index (χ0v) is 10.3. The van der Waals surface area contributed by atoms with Gasteiger partial charge in [0.1, 0.15) is 5.76 Å². The van der Waals surface area contributed by atoms with Gasteiger partial charge in [0, 0.05) is 26.1 Å². The molecular formula is C12H13NO5. The molecule has 1 aromatic rings. The van der Waals surface area contributed by atoms with E-state index in [1.54, 1.807) is 19.1 Å². The van der Waals surface area contributed by atoms with E-state index in [9.17, 15) is 9.59 Å². The second-order valence-electron chi connectivity index (χ2n) is 4.38. The van der Waals surface area contributed by atoms with Gasteiger partial charge in [0.25, 0.3) is 5.79 Å². The van der Waals surface area contributed by atoms with Gasteiger partial charge in [0.15, 0.2) is 5.92 Å². The van der Waals surface area contributed by atoms with E-state index >= 15 is 0 Å². The number of hydrogen-bond acceptors (Lipinski definition) is 6. The van der Waals surface area contributed by atoms with Crippen molar-refractivity contribution in [2.45, 2.75) is 26.6 Å². The molecule has 0 radical (unpaired) electrons. The molecule has 1 aromatic heterocycles. The van der Waals surface area contributed by atoms with Crippen LogP contribution in [0.5, 0.6) is 0 Å². The first-order valence-corrected chi connectivity index (χ1v) is 5.44. The molecule has 0 bridgehead atoms. The van der Waals surface area contributed by atoms with E-state index in [0.29, 0.717) is 11.6 Å². The van der Waals surface area contributed by atoms with E-state index in [2.05, 4.69) is 4.99 Å². The quantitative estimate of drug-likeness (QED) is 0.454. The van der Waals surface area contributed by atoms with Gasteiger partial charge in [-0.25, -0.2) is 4.99 Å². The molecule has 1 aliphatic rings. The highest BCUT2D eigenvalue weighted by molar-refractivity contribution is 6.10. The summed E-state index contributed by atoms with van der Waals surface area (Å²) in [5.74, 6) is -2.72. The highest BCUT2D eigenvalue weighted by atomic mass is 16.7. The summed E-state index contributed by atoms with van der Waals surface area (Å²) in [5.41, 5.74) is 0. The standard InChI is InChI=1S/C12H13NO5/c1-7-4-5-9(16-7)13-6-8-10(14)17-12(2,3)18-11(8)15/h4-6,8H,1-3H3. The fourth-order valence-electron chi connectivity index (χ4n) is 1.49. The second kappa shape index (κ2) is 4.29. The number of rotatable bonds is 2. The summed E-state index contributed by atoms with van der Waals surface area (Å²) < 4.78 is 15.1. The van der Waals surface area contributed by atoms with Gasteiger partial charge in [0.2, 0.25) is 5.88 Å². The molecule has 0 N–H and O–H groups in total. The maximum Gasteiger partial charge on any atom is 0.329 e. The molecule has 0 aromatic carbocycles. The Morgan fingerprint density at radius 1 is 1.22 bits per heavy atom. The first kappa shape index (κ1) is 12.3. The molecule has 1 saturated heterocycles. The van der Waals surface area contributed by atoms with Crippen LogP contribution in [0.3, 0.4) is 0 Å². The summed E-state index contributed by atoms with van der Waals surface area (Å²) >= 11 is 0. The Bertz CT molecular complexity index is 494. The first-order valence-electron chi connectivity index (χ1n) is 5.44. The largest absolute Gasteiger partial charge is 0.444 e.